The number of hydrogen-bond acceptors (Lipinski definition) is 5. The molecule has 2 saturated heterocycles. The molecule has 5 rings (SSSR count). The molecule has 210 valence electrons. The number of benzene rings is 3. The summed E-state index contributed by atoms with van der Waals surface area (Å²) in [5.74, 6) is -0.542. The van der Waals surface area contributed by atoms with E-state index in [0.29, 0.717) is 12.0 Å². The molecule has 2 aliphatic rings. The SMILES string of the molecule is CCCc1ccc(C(=O)S(=O)(=O)N2CCC3(CC2)NC(Cc2ccccc2)C(=O)N3Cc2ccccc2F)cc1. The van der Waals surface area contributed by atoms with Crippen molar-refractivity contribution in [3.63, 3.8) is 0 Å². The van der Waals surface area contributed by atoms with E-state index < -0.39 is 32.7 Å². The molecule has 1 atom stereocenters. The van der Waals surface area contributed by atoms with Gasteiger partial charge in [-0.15, -0.1) is 0 Å². The Hall–Kier alpha value is -3.40. The van der Waals surface area contributed by atoms with Gasteiger partial charge in [-0.25, -0.2) is 12.8 Å². The number of halogens is 1. The van der Waals surface area contributed by atoms with Gasteiger partial charge in [0.15, 0.2) is 0 Å². The van der Waals surface area contributed by atoms with Crippen LogP contribution in [0.5, 0.6) is 0 Å². The summed E-state index contributed by atoms with van der Waals surface area (Å²) in [4.78, 5) is 28.4. The van der Waals surface area contributed by atoms with Crippen LogP contribution in [-0.2, 0) is 34.2 Å². The Morgan fingerprint density at radius 3 is 2.25 bits per heavy atom. The average molecular weight is 564 g/mol. The zero-order valence-electron chi connectivity index (χ0n) is 22.6. The molecule has 0 aromatic heterocycles. The van der Waals surface area contributed by atoms with Crippen molar-refractivity contribution < 1.29 is 22.4 Å². The first-order valence-electron chi connectivity index (χ1n) is 13.7. The minimum absolute atomic E-state index is 0.0636. The maximum absolute atomic E-state index is 14.6. The van der Waals surface area contributed by atoms with Crippen molar-refractivity contribution in [1.82, 2.24) is 14.5 Å². The summed E-state index contributed by atoms with van der Waals surface area (Å²) in [5, 5.41) is 2.57. The van der Waals surface area contributed by atoms with Crippen LogP contribution in [-0.4, -0.2) is 53.4 Å². The molecule has 1 N–H and O–H groups in total. The van der Waals surface area contributed by atoms with Gasteiger partial charge < -0.3 is 4.90 Å². The van der Waals surface area contributed by atoms with E-state index >= 15 is 0 Å². The van der Waals surface area contributed by atoms with Gasteiger partial charge >= 0.3 is 0 Å². The molecule has 0 bridgehead atoms. The molecule has 1 amide bonds. The van der Waals surface area contributed by atoms with Crippen LogP contribution in [0, 0.1) is 5.82 Å². The van der Waals surface area contributed by atoms with E-state index in [-0.39, 0.29) is 43.9 Å². The minimum Gasteiger partial charge on any atom is -0.319 e. The number of carbonyl (C=O) groups is 2. The second-order valence-electron chi connectivity index (χ2n) is 10.6. The number of sulfonamides is 1. The smallest absolute Gasteiger partial charge is 0.291 e. The summed E-state index contributed by atoms with van der Waals surface area (Å²) in [6.45, 7) is 2.25. The topological polar surface area (TPSA) is 86.8 Å². The molecule has 40 heavy (non-hydrogen) atoms. The largest absolute Gasteiger partial charge is 0.319 e. The second-order valence-corrected chi connectivity index (χ2v) is 12.4. The Balaban J connectivity index is 1.36. The first-order chi connectivity index (χ1) is 19.2. The molecular weight excluding hydrogens is 529 g/mol. The Bertz CT molecular complexity index is 1470. The maximum atomic E-state index is 14.6. The molecule has 2 aliphatic heterocycles. The lowest BCUT2D eigenvalue weighted by Crippen LogP contribution is -2.59. The number of rotatable bonds is 8. The average Bonchev–Trinajstić information content (AvgIpc) is 3.20. The van der Waals surface area contributed by atoms with E-state index in [1.165, 1.54) is 10.4 Å². The lowest BCUT2D eigenvalue weighted by atomic mass is 9.96. The quantitative estimate of drug-likeness (QED) is 0.442. The van der Waals surface area contributed by atoms with Gasteiger partial charge in [-0.1, -0.05) is 74.0 Å². The number of carbonyl (C=O) groups excluding carboxylic acids is 2. The normalized spacial score (nSPS) is 19.3. The van der Waals surface area contributed by atoms with Gasteiger partial charge in [0.1, 0.15) is 5.82 Å². The summed E-state index contributed by atoms with van der Waals surface area (Å²) in [6, 6.07) is 22.2. The van der Waals surface area contributed by atoms with E-state index in [2.05, 4.69) is 12.2 Å². The van der Waals surface area contributed by atoms with E-state index in [9.17, 15) is 22.4 Å². The van der Waals surface area contributed by atoms with Crippen molar-refractivity contribution in [2.75, 3.05) is 13.1 Å². The highest BCUT2D eigenvalue weighted by Crippen LogP contribution is 2.36. The molecule has 1 spiro atoms. The third-order valence-electron chi connectivity index (χ3n) is 7.94. The highest BCUT2D eigenvalue weighted by atomic mass is 32.2. The van der Waals surface area contributed by atoms with Crippen LogP contribution in [0.1, 0.15) is 53.2 Å². The first kappa shape index (κ1) is 28.1. The van der Waals surface area contributed by atoms with Gasteiger partial charge in [0.2, 0.25) is 5.91 Å². The number of amides is 1. The number of aryl methyl sites for hydroxylation is 1. The third kappa shape index (κ3) is 5.59. The number of hydrogen-bond donors (Lipinski definition) is 1. The molecule has 3 aromatic rings. The van der Waals surface area contributed by atoms with Gasteiger partial charge in [-0.3, -0.25) is 14.9 Å². The van der Waals surface area contributed by atoms with Crippen LogP contribution < -0.4 is 5.32 Å². The van der Waals surface area contributed by atoms with E-state index in [1.807, 2.05) is 30.3 Å². The van der Waals surface area contributed by atoms with Gasteiger partial charge in [0.25, 0.3) is 15.1 Å². The van der Waals surface area contributed by atoms with Crippen molar-refractivity contribution in [2.24, 2.45) is 0 Å². The summed E-state index contributed by atoms with van der Waals surface area (Å²) < 4.78 is 42.5. The second kappa shape index (κ2) is 11.6. The Morgan fingerprint density at radius 1 is 0.950 bits per heavy atom. The molecule has 2 fully saturated rings. The van der Waals surface area contributed by atoms with E-state index in [4.69, 9.17) is 0 Å². The Labute approximate surface area is 235 Å². The lowest BCUT2D eigenvalue weighted by Gasteiger charge is -2.44. The van der Waals surface area contributed by atoms with Gasteiger partial charge in [-0.05, 0) is 55.0 Å². The van der Waals surface area contributed by atoms with Crippen LogP contribution in [0.15, 0.2) is 78.9 Å². The predicted molar refractivity (Wildman–Crippen MR) is 151 cm³/mol. The molecule has 1 unspecified atom stereocenters. The fraction of sp³-hybridized carbons (Fsp3) is 0.355. The fourth-order valence-corrected chi connectivity index (χ4v) is 7.08. The van der Waals surface area contributed by atoms with Crippen molar-refractivity contribution in [3.05, 3.63) is 107 Å². The van der Waals surface area contributed by atoms with Gasteiger partial charge in [0.05, 0.1) is 18.2 Å². The highest BCUT2D eigenvalue weighted by molar-refractivity contribution is 8.04. The third-order valence-corrected chi connectivity index (χ3v) is 9.69. The molecule has 3 aromatic carbocycles. The number of piperidine rings is 1. The fourth-order valence-electron chi connectivity index (χ4n) is 5.75. The van der Waals surface area contributed by atoms with Crippen LogP contribution in [0.2, 0.25) is 0 Å². The Morgan fingerprint density at radius 2 is 1.60 bits per heavy atom. The monoisotopic (exact) mass is 563 g/mol. The lowest BCUT2D eigenvalue weighted by molar-refractivity contribution is -0.134. The minimum atomic E-state index is -4.24. The zero-order chi connectivity index (χ0) is 28.3. The van der Waals surface area contributed by atoms with Crippen molar-refractivity contribution >= 4 is 21.0 Å². The molecular formula is C31H34FN3O4S. The molecule has 9 heteroatoms. The van der Waals surface area contributed by atoms with Crippen molar-refractivity contribution in [3.8, 4) is 0 Å². The maximum Gasteiger partial charge on any atom is 0.291 e. The first-order valence-corrected chi connectivity index (χ1v) is 15.2. The van der Waals surface area contributed by atoms with Gasteiger partial charge in [0, 0.05) is 24.2 Å². The predicted octanol–water partition coefficient (Wildman–Crippen LogP) is 4.28. The summed E-state index contributed by atoms with van der Waals surface area (Å²) >= 11 is 0. The zero-order valence-corrected chi connectivity index (χ0v) is 23.4. The van der Waals surface area contributed by atoms with Crippen LogP contribution in [0.3, 0.4) is 0 Å². The number of nitrogens with one attached hydrogen (secondary N) is 1. The van der Waals surface area contributed by atoms with Crippen molar-refractivity contribution in [2.45, 2.75) is 57.3 Å². The van der Waals surface area contributed by atoms with E-state index in [1.54, 1.807) is 47.4 Å². The van der Waals surface area contributed by atoms with Crippen LogP contribution in [0.25, 0.3) is 0 Å². The summed E-state index contributed by atoms with van der Waals surface area (Å²) in [6.07, 6.45) is 2.83. The van der Waals surface area contributed by atoms with Crippen LogP contribution >= 0.6 is 0 Å². The molecule has 7 nitrogen and oxygen atoms in total. The molecule has 0 radical (unpaired) electrons. The summed E-state index contributed by atoms with van der Waals surface area (Å²) in [5.41, 5.74) is 1.73. The standard InChI is InChI=1S/C31H34FN3O4S/c1-2-8-23-13-15-25(16-14-23)30(37)40(38,39)34-19-17-31(18-20-34)33-28(21-24-9-4-3-5-10-24)29(36)35(31)22-26-11-6-7-12-27(26)32/h3-7,9-16,28,33H,2,8,17-22H2,1H3. The summed E-state index contributed by atoms with van der Waals surface area (Å²) in [7, 11) is -4.24. The molecule has 2 heterocycles. The van der Waals surface area contributed by atoms with Crippen LogP contribution in [0.4, 0.5) is 4.39 Å². The van der Waals surface area contributed by atoms with Crippen molar-refractivity contribution in [1.29, 1.82) is 0 Å². The number of nitrogens with zero attached hydrogens (tertiary/aromatic N) is 2. The van der Waals surface area contributed by atoms with E-state index in [0.717, 1.165) is 24.0 Å². The van der Waals surface area contributed by atoms with Gasteiger partial charge in [-0.2, -0.15) is 4.31 Å². The molecule has 0 aliphatic carbocycles. The molecule has 0 saturated carbocycles. The highest BCUT2D eigenvalue weighted by Gasteiger charge is 2.52. The Kier molecular flexibility index (Phi) is 8.16.